The molecule has 0 bridgehead atoms. The minimum Gasteiger partial charge on any atom is -0.456 e. The van der Waals surface area contributed by atoms with Crippen LogP contribution >= 0.6 is 0 Å². The second kappa shape index (κ2) is 11.1. The molecule has 6 nitrogen and oxygen atoms in total. The van der Waals surface area contributed by atoms with Crippen molar-refractivity contribution in [2.24, 2.45) is 0 Å². The van der Waals surface area contributed by atoms with E-state index in [1.807, 2.05) is 133 Å². The molecule has 9 aromatic rings. The van der Waals surface area contributed by atoms with Gasteiger partial charge in [0, 0.05) is 44.0 Å². The van der Waals surface area contributed by atoms with Crippen LogP contribution in [0.5, 0.6) is 0 Å². The Hall–Kier alpha value is -6.53. The molecule has 0 aliphatic rings. The van der Waals surface area contributed by atoms with E-state index < -0.39 is 0 Å². The number of aromatic nitrogens is 5. The molecule has 3 heterocycles. The summed E-state index contributed by atoms with van der Waals surface area (Å²) in [7, 11) is 0. The minimum absolute atomic E-state index is 0.588. The van der Waals surface area contributed by atoms with Crippen LogP contribution in [0.3, 0.4) is 0 Å². The Bertz CT molecular complexity index is 2510. The Labute approximate surface area is 270 Å². The second-order valence-electron chi connectivity index (χ2n) is 11.3. The van der Waals surface area contributed by atoms with Gasteiger partial charge < -0.3 is 4.42 Å². The summed E-state index contributed by atoms with van der Waals surface area (Å²) in [6.45, 7) is 0. The molecule has 0 spiro atoms. The monoisotopic (exact) mass is 603 g/mol. The summed E-state index contributed by atoms with van der Waals surface area (Å²) in [5.41, 5.74) is 7.95. The van der Waals surface area contributed by atoms with E-state index in [0.717, 1.165) is 66.4 Å². The van der Waals surface area contributed by atoms with Crippen molar-refractivity contribution in [3.63, 3.8) is 0 Å². The molecule has 0 amide bonds. The lowest BCUT2D eigenvalue weighted by molar-refractivity contribution is 0.669. The number of hydrogen-bond donors (Lipinski definition) is 0. The zero-order valence-electron chi connectivity index (χ0n) is 25.1. The molecular formula is C41H25N5O. The molecule has 0 saturated heterocycles. The van der Waals surface area contributed by atoms with E-state index in [2.05, 4.69) is 18.2 Å². The predicted molar refractivity (Wildman–Crippen MR) is 187 cm³/mol. The molecule has 6 heteroatoms. The summed E-state index contributed by atoms with van der Waals surface area (Å²) >= 11 is 0. The van der Waals surface area contributed by atoms with Crippen molar-refractivity contribution >= 4 is 32.8 Å². The van der Waals surface area contributed by atoms with E-state index in [1.165, 1.54) is 0 Å². The van der Waals surface area contributed by atoms with Crippen molar-refractivity contribution < 1.29 is 4.42 Å². The number of fused-ring (bicyclic) bond motifs is 4. The highest BCUT2D eigenvalue weighted by molar-refractivity contribution is 6.15. The molecule has 6 aromatic carbocycles. The summed E-state index contributed by atoms with van der Waals surface area (Å²) in [5.74, 6) is 2.50. The molecule has 0 atom stereocenters. The van der Waals surface area contributed by atoms with Crippen LogP contribution in [0.15, 0.2) is 156 Å². The third-order valence-corrected chi connectivity index (χ3v) is 8.34. The number of hydrogen-bond acceptors (Lipinski definition) is 6. The average Bonchev–Trinajstić information content (AvgIpc) is 3.54. The molecule has 0 aliphatic carbocycles. The van der Waals surface area contributed by atoms with Crippen LogP contribution in [-0.2, 0) is 0 Å². The largest absolute Gasteiger partial charge is 0.456 e. The smallest absolute Gasteiger partial charge is 0.164 e. The predicted octanol–water partition coefficient (Wildman–Crippen LogP) is 10.0. The van der Waals surface area contributed by atoms with Crippen molar-refractivity contribution in [1.29, 1.82) is 0 Å². The molecule has 0 radical (unpaired) electrons. The van der Waals surface area contributed by atoms with Crippen LogP contribution < -0.4 is 0 Å². The Morgan fingerprint density at radius 3 is 1.55 bits per heavy atom. The van der Waals surface area contributed by atoms with Gasteiger partial charge in [0.25, 0.3) is 0 Å². The van der Waals surface area contributed by atoms with Gasteiger partial charge in [0.05, 0.1) is 11.2 Å². The minimum atomic E-state index is 0.588. The van der Waals surface area contributed by atoms with Gasteiger partial charge >= 0.3 is 0 Å². The van der Waals surface area contributed by atoms with E-state index in [4.69, 9.17) is 29.3 Å². The summed E-state index contributed by atoms with van der Waals surface area (Å²) in [5, 5.41) is 2.91. The SMILES string of the molecule is c1ccc(-c2nc(-c3ccccc3)nc(-c3ccc4oc5cccc(-c6nc(-c7ccccc7)nc7ccccc67)c5c4c3)n2)cc1. The molecule has 9 rings (SSSR count). The highest BCUT2D eigenvalue weighted by Crippen LogP contribution is 2.40. The average molecular weight is 604 g/mol. The summed E-state index contributed by atoms with van der Waals surface area (Å²) in [6, 6.07) is 50.5. The van der Waals surface area contributed by atoms with Crippen molar-refractivity contribution in [2.75, 3.05) is 0 Å². The highest BCUT2D eigenvalue weighted by atomic mass is 16.3. The van der Waals surface area contributed by atoms with Crippen molar-refractivity contribution in [2.45, 2.75) is 0 Å². The molecule has 0 saturated carbocycles. The van der Waals surface area contributed by atoms with Gasteiger partial charge in [-0.1, -0.05) is 121 Å². The molecule has 47 heavy (non-hydrogen) atoms. The molecule has 3 aromatic heterocycles. The lowest BCUT2D eigenvalue weighted by Crippen LogP contribution is -2.00. The molecule has 0 fully saturated rings. The zero-order valence-corrected chi connectivity index (χ0v) is 25.1. The fourth-order valence-electron chi connectivity index (χ4n) is 6.10. The van der Waals surface area contributed by atoms with E-state index in [-0.39, 0.29) is 0 Å². The van der Waals surface area contributed by atoms with Crippen LogP contribution in [0.4, 0.5) is 0 Å². The Morgan fingerprint density at radius 1 is 0.362 bits per heavy atom. The normalized spacial score (nSPS) is 11.4. The topological polar surface area (TPSA) is 77.6 Å². The first-order valence-electron chi connectivity index (χ1n) is 15.4. The summed E-state index contributed by atoms with van der Waals surface area (Å²) in [6.07, 6.45) is 0. The van der Waals surface area contributed by atoms with Crippen LogP contribution in [-0.4, -0.2) is 24.9 Å². The lowest BCUT2D eigenvalue weighted by Gasteiger charge is -2.11. The van der Waals surface area contributed by atoms with Gasteiger partial charge in [-0.2, -0.15) is 0 Å². The summed E-state index contributed by atoms with van der Waals surface area (Å²) < 4.78 is 6.42. The van der Waals surface area contributed by atoms with Crippen molar-refractivity contribution in [1.82, 2.24) is 24.9 Å². The maximum absolute atomic E-state index is 6.42. The fourth-order valence-corrected chi connectivity index (χ4v) is 6.10. The van der Waals surface area contributed by atoms with Crippen LogP contribution in [0, 0.1) is 0 Å². The third-order valence-electron chi connectivity index (χ3n) is 8.34. The van der Waals surface area contributed by atoms with Gasteiger partial charge in [-0.25, -0.2) is 24.9 Å². The van der Waals surface area contributed by atoms with Crippen LogP contribution in [0.2, 0.25) is 0 Å². The number of benzene rings is 6. The van der Waals surface area contributed by atoms with Gasteiger partial charge in [0.2, 0.25) is 0 Å². The van der Waals surface area contributed by atoms with E-state index in [1.54, 1.807) is 0 Å². The number of furan rings is 1. The zero-order chi connectivity index (χ0) is 31.2. The third kappa shape index (κ3) is 4.80. The molecule has 0 N–H and O–H groups in total. The second-order valence-corrected chi connectivity index (χ2v) is 11.3. The van der Waals surface area contributed by atoms with E-state index in [0.29, 0.717) is 23.3 Å². The Kier molecular flexibility index (Phi) is 6.35. The fraction of sp³-hybridized carbons (Fsp3) is 0. The van der Waals surface area contributed by atoms with Gasteiger partial charge in [-0.3, -0.25) is 0 Å². The van der Waals surface area contributed by atoms with Gasteiger partial charge in [-0.05, 0) is 30.3 Å². The molecule has 0 unspecified atom stereocenters. The maximum atomic E-state index is 6.42. The first kappa shape index (κ1) is 26.8. The van der Waals surface area contributed by atoms with Crippen LogP contribution in [0.1, 0.15) is 0 Å². The van der Waals surface area contributed by atoms with E-state index >= 15 is 0 Å². The van der Waals surface area contributed by atoms with E-state index in [9.17, 15) is 0 Å². The molecule has 0 aliphatic heterocycles. The number of nitrogens with zero attached hydrogens (tertiary/aromatic N) is 5. The quantitative estimate of drug-likeness (QED) is 0.195. The highest BCUT2D eigenvalue weighted by Gasteiger charge is 2.19. The summed E-state index contributed by atoms with van der Waals surface area (Å²) in [4.78, 5) is 24.9. The van der Waals surface area contributed by atoms with Gasteiger partial charge in [0.1, 0.15) is 11.2 Å². The maximum Gasteiger partial charge on any atom is 0.164 e. The van der Waals surface area contributed by atoms with Crippen LogP contribution in [0.25, 0.3) is 89.7 Å². The first-order chi connectivity index (χ1) is 23.3. The molecular weight excluding hydrogens is 578 g/mol. The van der Waals surface area contributed by atoms with Gasteiger partial charge in [-0.15, -0.1) is 0 Å². The number of para-hydroxylation sites is 1. The molecule has 220 valence electrons. The number of rotatable bonds is 5. The lowest BCUT2D eigenvalue weighted by atomic mass is 9.99. The van der Waals surface area contributed by atoms with Crippen molar-refractivity contribution in [3.8, 4) is 56.8 Å². The standard InChI is InChI=1S/C41H25N5O/c1-4-13-26(14-5-1)38-42-33-21-11-10-19-30(33)37(43-38)31-20-12-22-35-36(31)32-25-29(23-24-34(32)47-35)41-45-39(27-15-6-2-7-16-27)44-40(46-41)28-17-8-3-9-18-28/h1-25H. The van der Waals surface area contributed by atoms with Crippen molar-refractivity contribution in [3.05, 3.63) is 152 Å². The first-order valence-corrected chi connectivity index (χ1v) is 15.4. The Morgan fingerprint density at radius 2 is 0.915 bits per heavy atom. The Balaban J connectivity index is 1.27. The van der Waals surface area contributed by atoms with Gasteiger partial charge in [0.15, 0.2) is 23.3 Å².